The van der Waals surface area contributed by atoms with E-state index in [4.69, 9.17) is 10.8 Å². The van der Waals surface area contributed by atoms with Crippen LogP contribution in [0.2, 0.25) is 0 Å². The number of rotatable bonds is 1. The highest BCUT2D eigenvalue weighted by Crippen LogP contribution is 2.09. The van der Waals surface area contributed by atoms with Crippen LogP contribution in [0.5, 0.6) is 0 Å². The number of carbonyl (C=O) groups is 1. The number of carboxylic acid groups (broad SMARTS) is 1. The summed E-state index contributed by atoms with van der Waals surface area (Å²) in [7, 11) is 0. The summed E-state index contributed by atoms with van der Waals surface area (Å²) in [6.07, 6.45) is 2.85. The Bertz CT molecular complexity index is 476. The standard InChI is InChI=1S/C7H6N4O2/c8-6-4(7(12)13)3-11-5(10-6)1-2-9-11/h1-3H,(H2,8,10)(H,12,13). The van der Waals surface area contributed by atoms with E-state index in [1.165, 1.54) is 16.9 Å². The highest BCUT2D eigenvalue weighted by atomic mass is 16.4. The Morgan fingerprint density at radius 2 is 2.38 bits per heavy atom. The number of aromatic nitrogens is 3. The highest BCUT2D eigenvalue weighted by Gasteiger charge is 2.10. The molecule has 0 radical (unpaired) electrons. The van der Waals surface area contributed by atoms with Crippen LogP contribution in [-0.4, -0.2) is 25.7 Å². The Balaban J connectivity index is 2.76. The van der Waals surface area contributed by atoms with E-state index in [1.807, 2.05) is 0 Å². The Kier molecular flexibility index (Phi) is 1.42. The van der Waals surface area contributed by atoms with Crippen LogP contribution in [0.15, 0.2) is 18.5 Å². The third-order valence-electron chi connectivity index (χ3n) is 1.64. The van der Waals surface area contributed by atoms with Crippen LogP contribution in [-0.2, 0) is 0 Å². The van der Waals surface area contributed by atoms with E-state index >= 15 is 0 Å². The maximum atomic E-state index is 10.6. The molecule has 0 atom stereocenters. The van der Waals surface area contributed by atoms with E-state index in [0.717, 1.165) is 0 Å². The van der Waals surface area contributed by atoms with E-state index in [0.29, 0.717) is 5.65 Å². The van der Waals surface area contributed by atoms with Crippen LogP contribution in [0.4, 0.5) is 5.82 Å². The number of nitrogens with zero attached hydrogens (tertiary/aromatic N) is 3. The molecule has 2 aromatic rings. The van der Waals surface area contributed by atoms with E-state index in [9.17, 15) is 4.79 Å². The van der Waals surface area contributed by atoms with Gasteiger partial charge in [-0.1, -0.05) is 0 Å². The molecule has 2 heterocycles. The monoisotopic (exact) mass is 178 g/mol. The van der Waals surface area contributed by atoms with Gasteiger partial charge in [0.1, 0.15) is 11.4 Å². The van der Waals surface area contributed by atoms with Crippen molar-refractivity contribution in [2.75, 3.05) is 5.73 Å². The van der Waals surface area contributed by atoms with Crippen molar-refractivity contribution in [3.8, 4) is 0 Å². The maximum Gasteiger partial charge on any atom is 0.341 e. The molecule has 0 amide bonds. The number of nitrogens with two attached hydrogens (primary N) is 1. The summed E-state index contributed by atoms with van der Waals surface area (Å²) < 4.78 is 1.36. The Morgan fingerprint density at radius 1 is 1.62 bits per heavy atom. The molecule has 0 saturated heterocycles. The van der Waals surface area contributed by atoms with Crippen molar-refractivity contribution >= 4 is 17.4 Å². The molecular formula is C7H6N4O2. The van der Waals surface area contributed by atoms with Gasteiger partial charge < -0.3 is 10.8 Å². The lowest BCUT2D eigenvalue weighted by Gasteiger charge is -1.99. The first-order valence-electron chi connectivity index (χ1n) is 3.51. The van der Waals surface area contributed by atoms with Crippen LogP contribution >= 0.6 is 0 Å². The lowest BCUT2D eigenvalue weighted by Crippen LogP contribution is -2.07. The first-order valence-corrected chi connectivity index (χ1v) is 3.51. The number of carboxylic acids is 1. The SMILES string of the molecule is Nc1nc2ccnn2cc1C(=O)O. The van der Waals surface area contributed by atoms with Gasteiger partial charge in [0.05, 0.1) is 6.20 Å². The number of hydrogen-bond acceptors (Lipinski definition) is 4. The second kappa shape index (κ2) is 2.44. The van der Waals surface area contributed by atoms with Crippen molar-refractivity contribution in [2.45, 2.75) is 0 Å². The third-order valence-corrected chi connectivity index (χ3v) is 1.64. The molecule has 0 unspecified atom stereocenters. The van der Waals surface area contributed by atoms with Gasteiger partial charge in [0.15, 0.2) is 5.65 Å². The van der Waals surface area contributed by atoms with E-state index in [-0.39, 0.29) is 11.4 Å². The van der Waals surface area contributed by atoms with Gasteiger partial charge in [-0.05, 0) is 0 Å². The Labute approximate surface area is 72.6 Å². The minimum absolute atomic E-state index is 0.000463. The predicted molar refractivity (Wildman–Crippen MR) is 44.4 cm³/mol. The molecule has 0 aliphatic heterocycles. The van der Waals surface area contributed by atoms with Gasteiger partial charge in [0.2, 0.25) is 0 Å². The van der Waals surface area contributed by atoms with Gasteiger partial charge in [0, 0.05) is 12.3 Å². The summed E-state index contributed by atoms with van der Waals surface area (Å²) >= 11 is 0. The first kappa shape index (κ1) is 7.53. The molecule has 0 fully saturated rings. The molecule has 2 rings (SSSR count). The fourth-order valence-corrected chi connectivity index (χ4v) is 1.03. The smallest absolute Gasteiger partial charge is 0.341 e. The third kappa shape index (κ3) is 1.08. The fraction of sp³-hybridized carbons (Fsp3) is 0. The Morgan fingerprint density at radius 3 is 3.08 bits per heavy atom. The number of hydrogen-bond donors (Lipinski definition) is 2. The highest BCUT2D eigenvalue weighted by molar-refractivity contribution is 5.92. The molecule has 0 aliphatic carbocycles. The zero-order valence-corrected chi connectivity index (χ0v) is 6.51. The van der Waals surface area contributed by atoms with Crippen molar-refractivity contribution in [2.24, 2.45) is 0 Å². The van der Waals surface area contributed by atoms with E-state index in [2.05, 4.69) is 10.1 Å². The van der Waals surface area contributed by atoms with Gasteiger partial charge in [-0.15, -0.1) is 0 Å². The summed E-state index contributed by atoms with van der Waals surface area (Å²) in [5, 5.41) is 12.5. The van der Waals surface area contributed by atoms with Gasteiger partial charge >= 0.3 is 5.97 Å². The molecule has 13 heavy (non-hydrogen) atoms. The predicted octanol–water partition coefficient (Wildman–Crippen LogP) is 0.00970. The van der Waals surface area contributed by atoms with Crippen molar-refractivity contribution in [1.29, 1.82) is 0 Å². The molecule has 6 heteroatoms. The molecule has 0 spiro atoms. The van der Waals surface area contributed by atoms with Crippen molar-refractivity contribution < 1.29 is 9.90 Å². The molecule has 0 aliphatic rings. The molecule has 0 aromatic carbocycles. The molecule has 2 aromatic heterocycles. The zero-order valence-electron chi connectivity index (χ0n) is 6.51. The number of nitrogen functional groups attached to an aromatic ring is 1. The summed E-state index contributed by atoms with van der Waals surface area (Å²) in [5.74, 6) is -1.11. The second-order valence-electron chi connectivity index (χ2n) is 2.48. The molecular weight excluding hydrogens is 172 g/mol. The largest absolute Gasteiger partial charge is 0.477 e. The van der Waals surface area contributed by atoms with Crippen LogP contribution in [0.25, 0.3) is 5.65 Å². The topological polar surface area (TPSA) is 93.5 Å². The molecule has 6 nitrogen and oxygen atoms in total. The van der Waals surface area contributed by atoms with Crippen molar-refractivity contribution in [3.05, 3.63) is 24.0 Å². The summed E-state index contributed by atoms with van der Waals surface area (Å²) in [4.78, 5) is 14.5. The zero-order chi connectivity index (χ0) is 9.42. The lowest BCUT2D eigenvalue weighted by atomic mass is 10.3. The number of anilines is 1. The minimum atomic E-state index is -1.11. The van der Waals surface area contributed by atoms with E-state index < -0.39 is 5.97 Å². The Hall–Kier alpha value is -2.11. The van der Waals surface area contributed by atoms with Crippen molar-refractivity contribution in [1.82, 2.24) is 14.6 Å². The van der Waals surface area contributed by atoms with Crippen LogP contribution in [0.1, 0.15) is 10.4 Å². The summed E-state index contributed by atoms with van der Waals surface area (Å²) in [6, 6.07) is 1.64. The second-order valence-corrected chi connectivity index (χ2v) is 2.48. The molecule has 3 N–H and O–H groups in total. The average molecular weight is 178 g/mol. The lowest BCUT2D eigenvalue weighted by molar-refractivity contribution is 0.0697. The van der Waals surface area contributed by atoms with Crippen LogP contribution in [0, 0.1) is 0 Å². The maximum absolute atomic E-state index is 10.6. The summed E-state index contributed by atoms with van der Waals surface area (Å²) in [5.41, 5.74) is 5.90. The van der Waals surface area contributed by atoms with Crippen molar-refractivity contribution in [3.63, 3.8) is 0 Å². The summed E-state index contributed by atoms with van der Waals surface area (Å²) in [6.45, 7) is 0. The average Bonchev–Trinajstić information content (AvgIpc) is 2.48. The van der Waals surface area contributed by atoms with Gasteiger partial charge in [-0.3, -0.25) is 0 Å². The molecule has 0 bridgehead atoms. The van der Waals surface area contributed by atoms with Crippen LogP contribution in [0.3, 0.4) is 0 Å². The van der Waals surface area contributed by atoms with E-state index in [1.54, 1.807) is 6.07 Å². The first-order chi connectivity index (χ1) is 6.18. The van der Waals surface area contributed by atoms with Gasteiger partial charge in [-0.2, -0.15) is 5.10 Å². The number of fused-ring (bicyclic) bond motifs is 1. The van der Waals surface area contributed by atoms with Gasteiger partial charge in [-0.25, -0.2) is 14.3 Å². The van der Waals surface area contributed by atoms with Crippen LogP contribution < -0.4 is 5.73 Å². The minimum Gasteiger partial charge on any atom is -0.477 e. The molecule has 0 saturated carbocycles. The number of aromatic carboxylic acids is 1. The quantitative estimate of drug-likeness (QED) is 0.641. The molecule has 66 valence electrons. The fourth-order valence-electron chi connectivity index (χ4n) is 1.03. The normalized spacial score (nSPS) is 10.5. The van der Waals surface area contributed by atoms with Gasteiger partial charge in [0.25, 0.3) is 0 Å².